The van der Waals surface area contributed by atoms with Crippen LogP contribution in [0.4, 0.5) is 0 Å². The third kappa shape index (κ3) is 2.18. The lowest BCUT2D eigenvalue weighted by Gasteiger charge is -2.32. The first-order valence-electron chi connectivity index (χ1n) is 4.22. The van der Waals surface area contributed by atoms with Crippen LogP contribution in [0, 0.1) is 11.3 Å². The molecule has 0 bridgehead atoms. The molecule has 0 amide bonds. The zero-order chi connectivity index (χ0) is 9.03. The predicted molar refractivity (Wildman–Crippen MR) is 43.0 cm³/mol. The van der Waals surface area contributed by atoms with Crippen LogP contribution < -0.4 is 0 Å². The van der Waals surface area contributed by atoms with Crippen LogP contribution in [0.15, 0.2) is 0 Å². The van der Waals surface area contributed by atoms with Crippen molar-refractivity contribution >= 4 is 0 Å². The maximum Gasteiger partial charge on any atom is 0.153 e. The van der Waals surface area contributed by atoms with Crippen LogP contribution in [-0.4, -0.2) is 35.5 Å². The number of nitrogens with zero attached hydrogens (tertiary/aromatic N) is 2. The van der Waals surface area contributed by atoms with E-state index in [0.717, 1.165) is 0 Å². The highest BCUT2D eigenvalue weighted by atomic mass is 16.7. The second kappa shape index (κ2) is 3.85. The van der Waals surface area contributed by atoms with E-state index in [1.54, 1.807) is 5.06 Å². The molecule has 0 aliphatic carbocycles. The second-order valence-corrected chi connectivity index (χ2v) is 2.99. The lowest BCUT2D eigenvalue weighted by atomic mass is 9.94. The zero-order valence-corrected chi connectivity index (χ0v) is 7.29. The standard InChI is InChI=1S/C8H14N2O2/c1-2-12-10-5-3-8(11,7-9)4-6-10/h11H,2-6H2,1H3. The van der Waals surface area contributed by atoms with Gasteiger partial charge in [-0.1, -0.05) is 0 Å². The first-order valence-corrected chi connectivity index (χ1v) is 4.22. The fraction of sp³-hybridized carbons (Fsp3) is 0.875. The molecule has 0 radical (unpaired) electrons. The van der Waals surface area contributed by atoms with Crippen molar-refractivity contribution in [2.75, 3.05) is 19.7 Å². The Balaban J connectivity index is 2.35. The summed E-state index contributed by atoms with van der Waals surface area (Å²) in [5.74, 6) is 0. The Morgan fingerprint density at radius 1 is 1.58 bits per heavy atom. The van der Waals surface area contributed by atoms with Gasteiger partial charge in [-0.05, 0) is 6.92 Å². The summed E-state index contributed by atoms with van der Waals surface area (Å²) in [6, 6.07) is 1.92. The third-order valence-corrected chi connectivity index (χ3v) is 2.07. The topological polar surface area (TPSA) is 56.5 Å². The highest BCUT2D eigenvalue weighted by molar-refractivity contribution is 5.02. The van der Waals surface area contributed by atoms with E-state index < -0.39 is 5.60 Å². The smallest absolute Gasteiger partial charge is 0.153 e. The Kier molecular flexibility index (Phi) is 3.04. The highest BCUT2D eigenvalue weighted by Gasteiger charge is 2.32. The number of hydrogen-bond donors (Lipinski definition) is 1. The fourth-order valence-electron chi connectivity index (χ4n) is 1.28. The maximum atomic E-state index is 9.52. The average molecular weight is 170 g/mol. The maximum absolute atomic E-state index is 9.52. The van der Waals surface area contributed by atoms with Crippen molar-refractivity contribution in [2.24, 2.45) is 0 Å². The van der Waals surface area contributed by atoms with Gasteiger partial charge in [0.25, 0.3) is 0 Å². The monoisotopic (exact) mass is 170 g/mol. The van der Waals surface area contributed by atoms with Crippen molar-refractivity contribution in [3.05, 3.63) is 0 Å². The largest absolute Gasteiger partial charge is 0.375 e. The van der Waals surface area contributed by atoms with Crippen LogP contribution in [0.25, 0.3) is 0 Å². The van der Waals surface area contributed by atoms with Gasteiger partial charge in [0, 0.05) is 25.9 Å². The Bertz CT molecular complexity index is 180. The number of hydroxylamine groups is 2. The molecule has 0 unspecified atom stereocenters. The zero-order valence-electron chi connectivity index (χ0n) is 7.29. The number of rotatable bonds is 2. The lowest BCUT2D eigenvalue weighted by molar-refractivity contribution is -0.182. The van der Waals surface area contributed by atoms with Gasteiger partial charge in [0.2, 0.25) is 0 Å². The van der Waals surface area contributed by atoms with Gasteiger partial charge >= 0.3 is 0 Å². The van der Waals surface area contributed by atoms with Gasteiger partial charge in [-0.25, -0.2) is 0 Å². The minimum absolute atomic E-state index is 0.476. The molecule has 68 valence electrons. The van der Waals surface area contributed by atoms with Crippen molar-refractivity contribution < 1.29 is 9.94 Å². The van der Waals surface area contributed by atoms with Crippen LogP contribution >= 0.6 is 0 Å². The Morgan fingerprint density at radius 3 is 2.58 bits per heavy atom. The molecule has 1 saturated heterocycles. The van der Waals surface area contributed by atoms with Crippen LogP contribution in [0.3, 0.4) is 0 Å². The molecular formula is C8H14N2O2. The Morgan fingerprint density at radius 2 is 2.17 bits per heavy atom. The lowest BCUT2D eigenvalue weighted by Crippen LogP contribution is -2.43. The van der Waals surface area contributed by atoms with Gasteiger partial charge in [-0.15, -0.1) is 0 Å². The van der Waals surface area contributed by atoms with E-state index in [0.29, 0.717) is 32.5 Å². The second-order valence-electron chi connectivity index (χ2n) is 2.99. The number of nitriles is 1. The molecule has 1 aliphatic heterocycles. The first kappa shape index (κ1) is 9.46. The summed E-state index contributed by atoms with van der Waals surface area (Å²) in [5, 5.41) is 19.9. The van der Waals surface area contributed by atoms with Crippen molar-refractivity contribution in [3.8, 4) is 6.07 Å². The minimum atomic E-state index is -1.12. The summed E-state index contributed by atoms with van der Waals surface area (Å²) >= 11 is 0. The van der Waals surface area contributed by atoms with E-state index in [1.807, 2.05) is 13.0 Å². The fourth-order valence-corrected chi connectivity index (χ4v) is 1.28. The van der Waals surface area contributed by atoms with Crippen molar-refractivity contribution in [1.82, 2.24) is 5.06 Å². The first-order chi connectivity index (χ1) is 5.70. The van der Waals surface area contributed by atoms with Gasteiger partial charge in [0.15, 0.2) is 5.60 Å². The molecule has 4 nitrogen and oxygen atoms in total. The molecule has 1 N–H and O–H groups in total. The summed E-state index contributed by atoms with van der Waals surface area (Å²) in [5.41, 5.74) is -1.12. The molecule has 0 saturated carbocycles. The minimum Gasteiger partial charge on any atom is -0.375 e. The van der Waals surface area contributed by atoms with Gasteiger partial charge < -0.3 is 5.11 Å². The molecule has 1 heterocycles. The van der Waals surface area contributed by atoms with E-state index in [-0.39, 0.29) is 0 Å². The van der Waals surface area contributed by atoms with Gasteiger partial charge in [0.05, 0.1) is 12.7 Å². The van der Waals surface area contributed by atoms with E-state index in [2.05, 4.69) is 0 Å². The molecule has 0 aromatic carbocycles. The van der Waals surface area contributed by atoms with Crippen molar-refractivity contribution in [1.29, 1.82) is 5.26 Å². The van der Waals surface area contributed by atoms with Crippen LogP contribution in [0.1, 0.15) is 19.8 Å². The highest BCUT2D eigenvalue weighted by Crippen LogP contribution is 2.20. The van der Waals surface area contributed by atoms with E-state index in [4.69, 9.17) is 10.1 Å². The molecule has 1 aliphatic rings. The van der Waals surface area contributed by atoms with Gasteiger partial charge in [0.1, 0.15) is 0 Å². The van der Waals surface area contributed by atoms with Crippen molar-refractivity contribution in [2.45, 2.75) is 25.4 Å². The molecule has 1 fully saturated rings. The van der Waals surface area contributed by atoms with E-state index in [1.165, 1.54) is 0 Å². The molecule has 0 aromatic rings. The van der Waals surface area contributed by atoms with E-state index in [9.17, 15) is 5.11 Å². The Labute approximate surface area is 72.3 Å². The number of hydrogen-bond acceptors (Lipinski definition) is 4. The Hall–Kier alpha value is -0.630. The molecular weight excluding hydrogens is 156 g/mol. The summed E-state index contributed by atoms with van der Waals surface area (Å²) in [6.07, 6.45) is 0.951. The van der Waals surface area contributed by atoms with Crippen LogP contribution in [0.5, 0.6) is 0 Å². The normalized spacial score (nSPS) is 23.4. The average Bonchev–Trinajstić information content (AvgIpc) is 2.10. The SMILES string of the molecule is CCON1CCC(O)(C#N)CC1. The summed E-state index contributed by atoms with van der Waals surface area (Å²) in [7, 11) is 0. The molecule has 12 heavy (non-hydrogen) atoms. The summed E-state index contributed by atoms with van der Waals surface area (Å²) in [6.45, 7) is 3.84. The van der Waals surface area contributed by atoms with Crippen LogP contribution in [-0.2, 0) is 4.84 Å². The third-order valence-electron chi connectivity index (χ3n) is 2.07. The van der Waals surface area contributed by atoms with Crippen molar-refractivity contribution in [3.63, 3.8) is 0 Å². The van der Waals surface area contributed by atoms with E-state index >= 15 is 0 Å². The molecule has 4 heteroatoms. The molecule has 1 rings (SSSR count). The summed E-state index contributed by atoms with van der Waals surface area (Å²) in [4.78, 5) is 5.23. The molecule has 0 atom stereocenters. The molecule has 0 spiro atoms. The van der Waals surface area contributed by atoms with Crippen LogP contribution in [0.2, 0.25) is 0 Å². The quantitative estimate of drug-likeness (QED) is 0.605. The number of aliphatic hydroxyl groups is 1. The summed E-state index contributed by atoms with van der Waals surface area (Å²) < 4.78 is 0. The predicted octanol–water partition coefficient (Wildman–Crippen LogP) is 0.288. The number of piperidine rings is 1. The molecule has 0 aromatic heterocycles. The van der Waals surface area contributed by atoms with Gasteiger partial charge in [-0.2, -0.15) is 10.3 Å². The van der Waals surface area contributed by atoms with Gasteiger partial charge in [-0.3, -0.25) is 4.84 Å².